The summed E-state index contributed by atoms with van der Waals surface area (Å²) in [6, 6.07) is 22.6. The first-order valence-corrected chi connectivity index (χ1v) is 12.8. The van der Waals surface area contributed by atoms with Crippen LogP contribution in [0.1, 0.15) is 126 Å². The molecule has 1 aliphatic rings. The van der Waals surface area contributed by atoms with Crippen LogP contribution < -0.4 is 0 Å². The van der Waals surface area contributed by atoms with Crippen LogP contribution in [0.3, 0.4) is 0 Å². The molecule has 0 radical (unpaired) electrons. The zero-order valence-electron chi connectivity index (χ0n) is 22.6. The Hall–Kier alpha value is -2.34. The monoisotopic (exact) mass is 440 g/mol. The van der Waals surface area contributed by atoms with E-state index in [4.69, 9.17) is 0 Å². The standard InChI is InChI=1S/C21H26.C12H18/c1-13(2)16-11-18-15-9-7-8-10-19(15)21(5,6)20(18)12-17(16)14(3)4;1-9(2)11-7-5-6-8-12(11)10(3)4/h7-14H,1-6H3;5-10H,1-4H3. The van der Waals surface area contributed by atoms with Crippen LogP contribution in [0.15, 0.2) is 60.7 Å². The van der Waals surface area contributed by atoms with Crippen molar-refractivity contribution in [2.45, 2.75) is 98.3 Å². The Morgan fingerprint density at radius 1 is 0.455 bits per heavy atom. The second-order valence-corrected chi connectivity index (χ2v) is 11.4. The van der Waals surface area contributed by atoms with E-state index in [0.29, 0.717) is 23.7 Å². The second-order valence-electron chi connectivity index (χ2n) is 11.4. The third-order valence-electron chi connectivity index (χ3n) is 7.27. The van der Waals surface area contributed by atoms with Crippen molar-refractivity contribution in [2.75, 3.05) is 0 Å². The summed E-state index contributed by atoms with van der Waals surface area (Å²) in [7, 11) is 0. The summed E-state index contributed by atoms with van der Waals surface area (Å²) in [5.41, 5.74) is 12.0. The molecule has 4 rings (SSSR count). The van der Waals surface area contributed by atoms with Crippen molar-refractivity contribution in [1.82, 2.24) is 0 Å². The average molecular weight is 441 g/mol. The smallest absolute Gasteiger partial charge is 0.0158 e. The van der Waals surface area contributed by atoms with Crippen LogP contribution in [0, 0.1) is 0 Å². The van der Waals surface area contributed by atoms with Crippen LogP contribution in [0.2, 0.25) is 0 Å². The van der Waals surface area contributed by atoms with E-state index in [-0.39, 0.29) is 5.41 Å². The number of hydrogen-bond acceptors (Lipinski definition) is 0. The van der Waals surface area contributed by atoms with E-state index in [0.717, 1.165) is 0 Å². The first kappa shape index (κ1) is 25.3. The molecule has 0 saturated carbocycles. The van der Waals surface area contributed by atoms with E-state index < -0.39 is 0 Å². The van der Waals surface area contributed by atoms with Gasteiger partial charge in [-0.25, -0.2) is 0 Å². The predicted octanol–water partition coefficient (Wildman–Crippen LogP) is 10.2. The molecule has 0 heteroatoms. The maximum Gasteiger partial charge on any atom is 0.0158 e. The van der Waals surface area contributed by atoms with Gasteiger partial charge in [0.1, 0.15) is 0 Å². The van der Waals surface area contributed by atoms with Gasteiger partial charge in [-0.2, -0.15) is 0 Å². The van der Waals surface area contributed by atoms with Crippen LogP contribution in [0.25, 0.3) is 11.1 Å². The quantitative estimate of drug-likeness (QED) is 0.378. The number of hydrogen-bond donors (Lipinski definition) is 0. The summed E-state index contributed by atoms with van der Waals surface area (Å²) < 4.78 is 0. The van der Waals surface area contributed by atoms with Gasteiger partial charge in [-0.1, -0.05) is 130 Å². The van der Waals surface area contributed by atoms with E-state index in [9.17, 15) is 0 Å². The van der Waals surface area contributed by atoms with E-state index in [1.54, 1.807) is 0 Å². The Bertz CT molecular complexity index is 1070. The lowest BCUT2D eigenvalue weighted by Crippen LogP contribution is -2.15. The topological polar surface area (TPSA) is 0 Å². The highest BCUT2D eigenvalue weighted by Crippen LogP contribution is 2.50. The highest BCUT2D eigenvalue weighted by molar-refractivity contribution is 5.81. The molecule has 0 nitrogen and oxygen atoms in total. The molecule has 0 heterocycles. The van der Waals surface area contributed by atoms with Crippen LogP contribution in [-0.4, -0.2) is 0 Å². The Kier molecular flexibility index (Phi) is 7.57. The van der Waals surface area contributed by atoms with Gasteiger partial charge in [0.25, 0.3) is 0 Å². The summed E-state index contributed by atoms with van der Waals surface area (Å²) >= 11 is 0. The van der Waals surface area contributed by atoms with Gasteiger partial charge >= 0.3 is 0 Å². The molecule has 1 aliphatic carbocycles. The Morgan fingerprint density at radius 3 is 1.36 bits per heavy atom. The molecule has 0 amide bonds. The molecule has 176 valence electrons. The van der Waals surface area contributed by atoms with Crippen LogP contribution in [0.4, 0.5) is 0 Å². The molecule has 0 bridgehead atoms. The normalized spacial score (nSPS) is 13.9. The molecule has 0 fully saturated rings. The first-order chi connectivity index (χ1) is 15.5. The van der Waals surface area contributed by atoms with Gasteiger partial charge in [-0.15, -0.1) is 0 Å². The maximum absolute atomic E-state index is 2.48. The minimum atomic E-state index is 0.116. The lowest BCUT2D eigenvalue weighted by molar-refractivity contribution is 0.656. The highest BCUT2D eigenvalue weighted by atomic mass is 14.4. The third-order valence-corrected chi connectivity index (χ3v) is 7.27. The maximum atomic E-state index is 2.48. The van der Waals surface area contributed by atoms with Crippen molar-refractivity contribution >= 4 is 0 Å². The van der Waals surface area contributed by atoms with Crippen molar-refractivity contribution < 1.29 is 0 Å². The molecule has 0 unspecified atom stereocenters. The highest BCUT2D eigenvalue weighted by Gasteiger charge is 2.36. The minimum Gasteiger partial charge on any atom is -0.0620 e. The molecule has 3 aromatic rings. The molecule has 0 aliphatic heterocycles. The van der Waals surface area contributed by atoms with Gasteiger partial charge < -0.3 is 0 Å². The Balaban J connectivity index is 0.000000218. The van der Waals surface area contributed by atoms with Crippen LogP contribution >= 0.6 is 0 Å². The molecule has 0 spiro atoms. The fourth-order valence-electron chi connectivity index (χ4n) is 5.34. The van der Waals surface area contributed by atoms with Gasteiger partial charge in [0.15, 0.2) is 0 Å². The minimum absolute atomic E-state index is 0.116. The van der Waals surface area contributed by atoms with Crippen molar-refractivity contribution in [3.63, 3.8) is 0 Å². The van der Waals surface area contributed by atoms with E-state index in [1.807, 2.05) is 0 Å². The van der Waals surface area contributed by atoms with E-state index in [2.05, 4.69) is 130 Å². The van der Waals surface area contributed by atoms with Gasteiger partial charge in [0.05, 0.1) is 0 Å². The van der Waals surface area contributed by atoms with E-state index >= 15 is 0 Å². The third kappa shape index (κ3) is 4.96. The zero-order chi connectivity index (χ0) is 24.5. The molecule has 0 N–H and O–H groups in total. The lowest BCUT2D eigenvalue weighted by Gasteiger charge is -2.24. The van der Waals surface area contributed by atoms with Gasteiger partial charge in [-0.3, -0.25) is 0 Å². The fraction of sp³-hybridized carbons (Fsp3) is 0.455. The summed E-state index contributed by atoms with van der Waals surface area (Å²) in [5.74, 6) is 2.43. The molecule has 0 atom stereocenters. The van der Waals surface area contributed by atoms with Crippen LogP contribution in [-0.2, 0) is 5.41 Å². The van der Waals surface area contributed by atoms with E-state index in [1.165, 1.54) is 44.5 Å². The van der Waals surface area contributed by atoms with Gasteiger partial charge in [0.2, 0.25) is 0 Å². The summed E-state index contributed by atoms with van der Waals surface area (Å²) in [4.78, 5) is 0. The summed E-state index contributed by atoms with van der Waals surface area (Å²) in [5, 5.41) is 0. The molecule has 3 aromatic carbocycles. The molecule has 0 saturated heterocycles. The van der Waals surface area contributed by atoms with Gasteiger partial charge in [0, 0.05) is 5.41 Å². The van der Waals surface area contributed by atoms with Crippen molar-refractivity contribution in [1.29, 1.82) is 0 Å². The number of benzene rings is 3. The van der Waals surface area contributed by atoms with Crippen LogP contribution in [0.5, 0.6) is 0 Å². The Labute approximate surface area is 203 Å². The first-order valence-electron chi connectivity index (χ1n) is 12.8. The predicted molar refractivity (Wildman–Crippen MR) is 147 cm³/mol. The molecular weight excluding hydrogens is 396 g/mol. The Morgan fingerprint density at radius 2 is 0.879 bits per heavy atom. The SMILES string of the molecule is CC(C)c1cc2c(cc1C(C)C)C(C)(C)c1ccccc1-2.CC(C)c1ccccc1C(C)C. The fourth-order valence-corrected chi connectivity index (χ4v) is 5.34. The average Bonchev–Trinajstić information content (AvgIpc) is 3.00. The lowest BCUT2D eigenvalue weighted by atomic mass is 9.79. The second kappa shape index (κ2) is 9.88. The summed E-state index contributed by atoms with van der Waals surface area (Å²) in [6.07, 6.45) is 0. The van der Waals surface area contributed by atoms with Crippen molar-refractivity contribution in [2.24, 2.45) is 0 Å². The molecule has 33 heavy (non-hydrogen) atoms. The molecule has 0 aromatic heterocycles. The van der Waals surface area contributed by atoms with Crippen molar-refractivity contribution in [3.8, 4) is 11.1 Å². The number of rotatable bonds is 4. The number of fused-ring (bicyclic) bond motifs is 3. The molecular formula is C33H44. The van der Waals surface area contributed by atoms with Crippen molar-refractivity contribution in [3.05, 3.63) is 94.0 Å². The zero-order valence-corrected chi connectivity index (χ0v) is 22.6. The largest absolute Gasteiger partial charge is 0.0620 e. The van der Waals surface area contributed by atoms with Gasteiger partial charge in [-0.05, 0) is 68.2 Å². The summed E-state index contributed by atoms with van der Waals surface area (Å²) in [6.45, 7) is 22.9.